The number of anilines is 2. The average Bonchev–Trinajstić information content (AvgIpc) is 2.46. The fourth-order valence-corrected chi connectivity index (χ4v) is 1.83. The molecule has 0 unspecified atom stereocenters. The molecule has 21 heavy (non-hydrogen) atoms. The van der Waals surface area contributed by atoms with E-state index in [4.69, 9.17) is 22.1 Å². The summed E-state index contributed by atoms with van der Waals surface area (Å²) in [5.74, 6) is 1.64. The van der Waals surface area contributed by atoms with Gasteiger partial charge in [0.15, 0.2) is 0 Å². The van der Waals surface area contributed by atoms with Crippen LogP contribution in [0.25, 0.3) is 0 Å². The molecule has 0 atom stereocenters. The Morgan fingerprint density at radius 2 is 1.90 bits per heavy atom. The van der Waals surface area contributed by atoms with Crippen LogP contribution in [0.4, 0.5) is 11.5 Å². The lowest BCUT2D eigenvalue weighted by Gasteiger charge is -2.12. The van der Waals surface area contributed by atoms with Gasteiger partial charge in [0.05, 0.1) is 12.3 Å². The van der Waals surface area contributed by atoms with Gasteiger partial charge in [-0.2, -0.15) is 4.98 Å². The second kappa shape index (κ2) is 7.18. The van der Waals surface area contributed by atoms with Crippen LogP contribution in [0.2, 0.25) is 5.02 Å². The molecule has 112 valence electrons. The van der Waals surface area contributed by atoms with Gasteiger partial charge >= 0.3 is 0 Å². The van der Waals surface area contributed by atoms with E-state index >= 15 is 0 Å². The molecular formula is C16H20ClN3O. The monoisotopic (exact) mass is 305 g/mol. The second-order valence-corrected chi connectivity index (χ2v) is 5.71. The molecule has 0 fully saturated rings. The molecule has 0 aliphatic carbocycles. The number of nitrogens with two attached hydrogens (primary N) is 1. The van der Waals surface area contributed by atoms with Crippen molar-refractivity contribution in [1.82, 2.24) is 4.98 Å². The van der Waals surface area contributed by atoms with Crippen molar-refractivity contribution in [3.05, 3.63) is 47.0 Å². The molecule has 0 spiro atoms. The molecule has 1 heterocycles. The van der Waals surface area contributed by atoms with Gasteiger partial charge in [-0.3, -0.25) is 0 Å². The highest BCUT2D eigenvalue weighted by atomic mass is 35.5. The Labute approximate surface area is 130 Å². The number of nitrogen functional groups attached to an aromatic ring is 1. The summed E-state index contributed by atoms with van der Waals surface area (Å²) in [6.45, 7) is 5.42. The summed E-state index contributed by atoms with van der Waals surface area (Å²) in [4.78, 5) is 4.39. The van der Waals surface area contributed by atoms with E-state index in [9.17, 15) is 0 Å². The molecule has 0 aliphatic rings. The van der Waals surface area contributed by atoms with Gasteiger partial charge in [-0.05, 0) is 35.7 Å². The van der Waals surface area contributed by atoms with Crippen LogP contribution in [0.15, 0.2) is 36.4 Å². The van der Waals surface area contributed by atoms with E-state index in [1.54, 1.807) is 6.07 Å². The SMILES string of the molecule is CC(C)COc1nc(NCc2ccc(Cl)cc2)ccc1N. The molecule has 0 bridgehead atoms. The summed E-state index contributed by atoms with van der Waals surface area (Å²) in [6.07, 6.45) is 0. The summed E-state index contributed by atoms with van der Waals surface area (Å²) in [5, 5.41) is 3.98. The third-order valence-corrected chi connectivity index (χ3v) is 3.08. The lowest BCUT2D eigenvalue weighted by molar-refractivity contribution is 0.263. The minimum absolute atomic E-state index is 0.428. The molecule has 0 aliphatic heterocycles. The molecule has 3 N–H and O–H groups in total. The zero-order chi connectivity index (χ0) is 15.2. The number of nitrogens with one attached hydrogen (secondary N) is 1. The van der Waals surface area contributed by atoms with Gasteiger partial charge < -0.3 is 15.8 Å². The topological polar surface area (TPSA) is 60.2 Å². The average molecular weight is 306 g/mol. The van der Waals surface area contributed by atoms with Crippen molar-refractivity contribution in [3.63, 3.8) is 0 Å². The number of hydrogen-bond acceptors (Lipinski definition) is 4. The van der Waals surface area contributed by atoms with Gasteiger partial charge in [-0.15, -0.1) is 0 Å². The predicted molar refractivity (Wildman–Crippen MR) is 87.8 cm³/mol. The summed E-state index contributed by atoms with van der Waals surface area (Å²) in [7, 11) is 0. The van der Waals surface area contributed by atoms with E-state index < -0.39 is 0 Å². The highest BCUT2D eigenvalue weighted by Gasteiger charge is 2.05. The molecule has 2 aromatic rings. The van der Waals surface area contributed by atoms with Crippen LogP contribution in [0.5, 0.6) is 5.88 Å². The van der Waals surface area contributed by atoms with Gasteiger partial charge in [0.2, 0.25) is 5.88 Å². The molecule has 0 amide bonds. The largest absolute Gasteiger partial charge is 0.476 e. The number of rotatable bonds is 6. The Bertz CT molecular complexity index is 585. The maximum Gasteiger partial charge on any atom is 0.239 e. The maximum atomic E-state index is 5.87. The minimum atomic E-state index is 0.428. The van der Waals surface area contributed by atoms with Crippen molar-refractivity contribution in [2.75, 3.05) is 17.7 Å². The normalized spacial score (nSPS) is 10.7. The molecular weight excluding hydrogens is 286 g/mol. The number of ether oxygens (including phenoxy) is 1. The van der Waals surface area contributed by atoms with Crippen molar-refractivity contribution >= 4 is 23.1 Å². The Morgan fingerprint density at radius 3 is 2.57 bits per heavy atom. The van der Waals surface area contributed by atoms with E-state index in [1.165, 1.54) is 0 Å². The first-order valence-corrected chi connectivity index (χ1v) is 7.30. The van der Waals surface area contributed by atoms with Gasteiger partial charge in [0.25, 0.3) is 0 Å². The quantitative estimate of drug-likeness (QED) is 0.848. The van der Waals surface area contributed by atoms with Crippen LogP contribution < -0.4 is 15.8 Å². The number of pyridine rings is 1. The number of aromatic nitrogens is 1. The first kappa shape index (κ1) is 15.4. The Hall–Kier alpha value is -1.94. The lowest BCUT2D eigenvalue weighted by atomic mass is 10.2. The van der Waals surface area contributed by atoms with E-state index in [1.807, 2.05) is 30.3 Å². The van der Waals surface area contributed by atoms with Crippen LogP contribution in [0, 0.1) is 5.92 Å². The first-order valence-electron chi connectivity index (χ1n) is 6.92. The molecule has 0 radical (unpaired) electrons. The van der Waals surface area contributed by atoms with Crippen molar-refractivity contribution in [3.8, 4) is 5.88 Å². The summed E-state index contributed by atoms with van der Waals surface area (Å²) < 4.78 is 5.61. The number of halogens is 1. The van der Waals surface area contributed by atoms with Crippen molar-refractivity contribution in [2.24, 2.45) is 5.92 Å². The third-order valence-electron chi connectivity index (χ3n) is 2.83. The molecule has 2 rings (SSSR count). The Balaban J connectivity index is 1.99. The van der Waals surface area contributed by atoms with E-state index in [2.05, 4.69) is 24.1 Å². The molecule has 1 aromatic heterocycles. The summed E-state index contributed by atoms with van der Waals surface area (Å²) >= 11 is 5.86. The fraction of sp³-hybridized carbons (Fsp3) is 0.312. The molecule has 5 heteroatoms. The molecule has 0 saturated carbocycles. The van der Waals surface area contributed by atoms with Crippen LogP contribution in [0.3, 0.4) is 0 Å². The predicted octanol–water partition coefficient (Wildman–Crippen LogP) is 3.96. The van der Waals surface area contributed by atoms with Gasteiger partial charge in [0, 0.05) is 11.6 Å². The smallest absolute Gasteiger partial charge is 0.239 e. The minimum Gasteiger partial charge on any atom is -0.476 e. The zero-order valence-corrected chi connectivity index (χ0v) is 13.0. The van der Waals surface area contributed by atoms with E-state index in [0.717, 1.165) is 16.4 Å². The molecule has 4 nitrogen and oxygen atoms in total. The zero-order valence-electron chi connectivity index (χ0n) is 12.3. The van der Waals surface area contributed by atoms with Crippen LogP contribution in [-0.2, 0) is 6.54 Å². The summed E-state index contributed by atoms with van der Waals surface area (Å²) in [6, 6.07) is 11.3. The van der Waals surface area contributed by atoms with Gasteiger partial charge in [0.1, 0.15) is 5.82 Å². The Morgan fingerprint density at radius 1 is 1.19 bits per heavy atom. The van der Waals surface area contributed by atoms with Crippen molar-refractivity contribution in [1.29, 1.82) is 0 Å². The first-order chi connectivity index (χ1) is 10.0. The van der Waals surface area contributed by atoms with Crippen LogP contribution in [0.1, 0.15) is 19.4 Å². The van der Waals surface area contributed by atoms with Crippen molar-refractivity contribution in [2.45, 2.75) is 20.4 Å². The maximum absolute atomic E-state index is 5.87. The van der Waals surface area contributed by atoms with E-state index in [0.29, 0.717) is 30.6 Å². The van der Waals surface area contributed by atoms with E-state index in [-0.39, 0.29) is 0 Å². The van der Waals surface area contributed by atoms with Crippen LogP contribution in [-0.4, -0.2) is 11.6 Å². The summed E-state index contributed by atoms with van der Waals surface area (Å²) in [5.41, 5.74) is 7.55. The molecule has 0 saturated heterocycles. The standard InChI is InChI=1S/C16H20ClN3O/c1-11(2)10-21-16-14(18)7-8-15(20-16)19-9-12-3-5-13(17)6-4-12/h3-8,11H,9-10,18H2,1-2H3,(H,19,20). The molecule has 1 aromatic carbocycles. The fourth-order valence-electron chi connectivity index (χ4n) is 1.71. The van der Waals surface area contributed by atoms with Gasteiger partial charge in [-0.1, -0.05) is 37.6 Å². The Kier molecular flexibility index (Phi) is 5.28. The number of benzene rings is 1. The third kappa shape index (κ3) is 4.83. The second-order valence-electron chi connectivity index (χ2n) is 5.28. The van der Waals surface area contributed by atoms with Crippen LogP contribution >= 0.6 is 11.6 Å². The lowest BCUT2D eigenvalue weighted by Crippen LogP contribution is -2.09. The van der Waals surface area contributed by atoms with Gasteiger partial charge in [-0.25, -0.2) is 0 Å². The highest BCUT2D eigenvalue weighted by molar-refractivity contribution is 6.30. The number of nitrogens with zero attached hydrogens (tertiary/aromatic N) is 1. The number of hydrogen-bond donors (Lipinski definition) is 2. The highest BCUT2D eigenvalue weighted by Crippen LogP contribution is 2.22. The van der Waals surface area contributed by atoms with Crippen molar-refractivity contribution < 1.29 is 4.74 Å².